The average Bonchev–Trinajstić information content (AvgIpc) is 2.25. The van der Waals surface area contributed by atoms with Crippen LogP contribution < -0.4 is 0 Å². The Kier molecular flexibility index (Phi) is 5.58. The van der Waals surface area contributed by atoms with Crippen LogP contribution in [0.15, 0.2) is 29.2 Å². The molecule has 4 heteroatoms. The van der Waals surface area contributed by atoms with E-state index in [1.807, 2.05) is 25.1 Å². The summed E-state index contributed by atoms with van der Waals surface area (Å²) >= 11 is 7.34. The Morgan fingerprint density at radius 1 is 1.47 bits per heavy atom. The quantitative estimate of drug-likeness (QED) is 0.587. The first-order valence-electron chi connectivity index (χ1n) is 4.77. The van der Waals surface area contributed by atoms with Gasteiger partial charge in [-0.3, -0.25) is 4.79 Å². The first kappa shape index (κ1) is 12.4. The third-order valence-electron chi connectivity index (χ3n) is 1.65. The minimum atomic E-state index is -0.193. The number of carbonyl (C=O) groups is 1. The molecule has 0 atom stereocenters. The molecule has 0 aliphatic carbocycles. The standard InChI is InChI=1S/C11H13ClO2S/c1-2-7-14-11(13)8-15-10-6-4-3-5-9(10)12/h3-6H,2,7-8H2,1H3. The summed E-state index contributed by atoms with van der Waals surface area (Å²) in [4.78, 5) is 12.1. The maximum atomic E-state index is 11.2. The van der Waals surface area contributed by atoms with Gasteiger partial charge in [-0.15, -0.1) is 11.8 Å². The minimum Gasteiger partial charge on any atom is -0.465 e. The summed E-state index contributed by atoms with van der Waals surface area (Å²) in [5, 5.41) is 0.672. The highest BCUT2D eigenvalue weighted by molar-refractivity contribution is 8.00. The van der Waals surface area contributed by atoms with Gasteiger partial charge in [0, 0.05) is 4.90 Å². The summed E-state index contributed by atoms with van der Waals surface area (Å²) in [6.45, 7) is 2.45. The highest BCUT2D eigenvalue weighted by atomic mass is 35.5. The van der Waals surface area contributed by atoms with Crippen molar-refractivity contribution in [2.24, 2.45) is 0 Å². The second kappa shape index (κ2) is 6.75. The van der Waals surface area contributed by atoms with Gasteiger partial charge in [0.05, 0.1) is 17.4 Å². The third-order valence-corrected chi connectivity index (χ3v) is 3.14. The van der Waals surface area contributed by atoms with Gasteiger partial charge in [0.25, 0.3) is 0 Å². The number of hydrogen-bond donors (Lipinski definition) is 0. The Morgan fingerprint density at radius 2 is 2.20 bits per heavy atom. The number of thioether (sulfide) groups is 1. The van der Waals surface area contributed by atoms with E-state index in [-0.39, 0.29) is 5.97 Å². The molecule has 0 heterocycles. The Labute approximate surface area is 99.0 Å². The van der Waals surface area contributed by atoms with Crippen molar-refractivity contribution in [3.63, 3.8) is 0 Å². The van der Waals surface area contributed by atoms with Crippen LogP contribution in [0.25, 0.3) is 0 Å². The van der Waals surface area contributed by atoms with Gasteiger partial charge in [-0.1, -0.05) is 30.7 Å². The number of ether oxygens (including phenoxy) is 1. The van der Waals surface area contributed by atoms with Crippen molar-refractivity contribution in [3.8, 4) is 0 Å². The second-order valence-corrected chi connectivity index (χ2v) is 4.36. The van der Waals surface area contributed by atoms with Crippen LogP contribution in [0.5, 0.6) is 0 Å². The number of esters is 1. The van der Waals surface area contributed by atoms with Gasteiger partial charge in [0.1, 0.15) is 0 Å². The van der Waals surface area contributed by atoms with Crippen molar-refractivity contribution in [3.05, 3.63) is 29.3 Å². The number of benzene rings is 1. The van der Waals surface area contributed by atoms with Gasteiger partial charge in [0.2, 0.25) is 0 Å². The van der Waals surface area contributed by atoms with Crippen LogP contribution >= 0.6 is 23.4 Å². The molecule has 0 fully saturated rings. The molecule has 0 amide bonds. The smallest absolute Gasteiger partial charge is 0.316 e. The highest BCUT2D eigenvalue weighted by Crippen LogP contribution is 2.26. The average molecular weight is 245 g/mol. The predicted molar refractivity (Wildman–Crippen MR) is 63.4 cm³/mol. The van der Waals surface area contributed by atoms with Crippen molar-refractivity contribution in [1.29, 1.82) is 0 Å². The van der Waals surface area contributed by atoms with Crippen LogP contribution in [0.1, 0.15) is 13.3 Å². The summed E-state index contributed by atoms with van der Waals surface area (Å²) in [5.41, 5.74) is 0. The van der Waals surface area contributed by atoms with Crippen LogP contribution in [-0.4, -0.2) is 18.3 Å². The fourth-order valence-corrected chi connectivity index (χ4v) is 1.99. The molecule has 0 aliphatic rings. The van der Waals surface area contributed by atoms with E-state index >= 15 is 0 Å². The summed E-state index contributed by atoms with van der Waals surface area (Å²) < 4.78 is 4.95. The molecule has 1 aromatic rings. The monoisotopic (exact) mass is 244 g/mol. The lowest BCUT2D eigenvalue weighted by Gasteiger charge is -2.04. The van der Waals surface area contributed by atoms with E-state index in [9.17, 15) is 4.79 Å². The predicted octanol–water partition coefficient (Wildman–Crippen LogP) is 3.39. The molecule has 0 spiro atoms. The molecule has 0 saturated carbocycles. The van der Waals surface area contributed by atoms with Crippen molar-refractivity contribution in [2.45, 2.75) is 18.2 Å². The molecule has 1 rings (SSSR count). The number of halogens is 1. The number of hydrogen-bond acceptors (Lipinski definition) is 3. The second-order valence-electron chi connectivity index (χ2n) is 2.94. The molecule has 0 N–H and O–H groups in total. The summed E-state index contributed by atoms with van der Waals surface area (Å²) in [5.74, 6) is 0.116. The molecule has 0 saturated heterocycles. The maximum absolute atomic E-state index is 11.2. The summed E-state index contributed by atoms with van der Waals surface area (Å²) in [6.07, 6.45) is 0.850. The van der Waals surface area contributed by atoms with Gasteiger partial charge in [-0.2, -0.15) is 0 Å². The van der Waals surface area contributed by atoms with Crippen molar-refractivity contribution in [2.75, 3.05) is 12.4 Å². The zero-order chi connectivity index (χ0) is 11.1. The summed E-state index contributed by atoms with van der Waals surface area (Å²) in [7, 11) is 0. The first-order chi connectivity index (χ1) is 7.24. The molecule has 0 radical (unpaired) electrons. The SMILES string of the molecule is CCCOC(=O)CSc1ccccc1Cl. The molecular weight excluding hydrogens is 232 g/mol. The Morgan fingerprint density at radius 3 is 2.87 bits per heavy atom. The normalized spacial score (nSPS) is 10.0. The first-order valence-corrected chi connectivity index (χ1v) is 6.13. The Balaban J connectivity index is 2.37. The van der Waals surface area contributed by atoms with Crippen LogP contribution in [0.3, 0.4) is 0 Å². The van der Waals surface area contributed by atoms with Gasteiger partial charge in [-0.05, 0) is 18.6 Å². The minimum absolute atomic E-state index is 0.193. The molecule has 82 valence electrons. The molecule has 0 bridgehead atoms. The molecular formula is C11H13ClO2S. The molecule has 15 heavy (non-hydrogen) atoms. The number of rotatable bonds is 5. The topological polar surface area (TPSA) is 26.3 Å². The lowest BCUT2D eigenvalue weighted by Crippen LogP contribution is -2.07. The Bertz CT molecular complexity index is 328. The van der Waals surface area contributed by atoms with E-state index in [2.05, 4.69) is 0 Å². The van der Waals surface area contributed by atoms with Crippen LogP contribution in [0.4, 0.5) is 0 Å². The third kappa shape index (κ3) is 4.58. The largest absolute Gasteiger partial charge is 0.465 e. The van der Waals surface area contributed by atoms with Gasteiger partial charge in [-0.25, -0.2) is 0 Å². The van der Waals surface area contributed by atoms with E-state index in [0.29, 0.717) is 17.4 Å². The van der Waals surface area contributed by atoms with E-state index in [0.717, 1.165) is 11.3 Å². The fourth-order valence-electron chi connectivity index (χ4n) is 0.956. The van der Waals surface area contributed by atoms with Crippen molar-refractivity contribution >= 4 is 29.3 Å². The van der Waals surface area contributed by atoms with Gasteiger partial charge >= 0.3 is 5.97 Å². The summed E-state index contributed by atoms with van der Waals surface area (Å²) in [6, 6.07) is 7.45. The van der Waals surface area contributed by atoms with Crippen molar-refractivity contribution < 1.29 is 9.53 Å². The van der Waals surface area contributed by atoms with Crippen LogP contribution in [0, 0.1) is 0 Å². The molecule has 0 aromatic heterocycles. The van der Waals surface area contributed by atoms with E-state index < -0.39 is 0 Å². The maximum Gasteiger partial charge on any atom is 0.316 e. The van der Waals surface area contributed by atoms with E-state index in [1.54, 1.807) is 6.07 Å². The lowest BCUT2D eigenvalue weighted by molar-refractivity contribution is -0.140. The van der Waals surface area contributed by atoms with Gasteiger partial charge in [0.15, 0.2) is 0 Å². The fraction of sp³-hybridized carbons (Fsp3) is 0.364. The van der Waals surface area contributed by atoms with Gasteiger partial charge < -0.3 is 4.74 Å². The molecule has 1 aromatic carbocycles. The molecule has 0 unspecified atom stereocenters. The van der Waals surface area contributed by atoms with Crippen LogP contribution in [-0.2, 0) is 9.53 Å². The highest BCUT2D eigenvalue weighted by Gasteiger charge is 2.05. The zero-order valence-electron chi connectivity index (χ0n) is 8.53. The molecule has 2 nitrogen and oxygen atoms in total. The Hall–Kier alpha value is -0.670. The molecule has 0 aliphatic heterocycles. The zero-order valence-corrected chi connectivity index (χ0v) is 10.1. The van der Waals surface area contributed by atoms with E-state index in [1.165, 1.54) is 11.8 Å². The lowest BCUT2D eigenvalue weighted by atomic mass is 10.4. The van der Waals surface area contributed by atoms with E-state index in [4.69, 9.17) is 16.3 Å². The number of carbonyl (C=O) groups excluding carboxylic acids is 1. The van der Waals surface area contributed by atoms with Crippen molar-refractivity contribution in [1.82, 2.24) is 0 Å². The van der Waals surface area contributed by atoms with Crippen LogP contribution in [0.2, 0.25) is 5.02 Å².